The first-order valence-corrected chi connectivity index (χ1v) is 11.1. The Morgan fingerprint density at radius 1 is 0.900 bits per heavy atom. The Bertz CT molecular complexity index is 917. The second kappa shape index (κ2) is 9.00. The summed E-state index contributed by atoms with van der Waals surface area (Å²) >= 11 is 3.40. The molecule has 3 N–H and O–H groups in total. The zero-order valence-corrected chi connectivity index (χ0v) is 18.1. The van der Waals surface area contributed by atoms with Gasteiger partial charge in [-0.3, -0.25) is 14.4 Å². The first kappa shape index (κ1) is 20.6. The average molecular weight is 470 g/mol. The summed E-state index contributed by atoms with van der Waals surface area (Å²) in [6, 6.07) is 14.3. The molecule has 1 fully saturated rings. The Kier molecular flexibility index (Phi) is 6.18. The number of fused-ring (bicyclic) bond motifs is 1. The summed E-state index contributed by atoms with van der Waals surface area (Å²) < 4.78 is 0.861. The van der Waals surface area contributed by atoms with Crippen LogP contribution in [-0.2, 0) is 14.4 Å². The Morgan fingerprint density at radius 2 is 1.47 bits per heavy atom. The van der Waals surface area contributed by atoms with Crippen LogP contribution in [0.2, 0.25) is 0 Å². The second-order valence-corrected chi connectivity index (χ2v) is 8.79. The van der Waals surface area contributed by atoms with Crippen LogP contribution in [0.4, 0.5) is 11.4 Å². The number of carbonyl (C=O) groups is 3. The van der Waals surface area contributed by atoms with Crippen LogP contribution >= 0.6 is 15.9 Å². The summed E-state index contributed by atoms with van der Waals surface area (Å²) in [5, 5.41) is 8.72. The van der Waals surface area contributed by atoms with E-state index in [4.69, 9.17) is 0 Å². The Morgan fingerprint density at radius 3 is 2.03 bits per heavy atom. The maximum absolute atomic E-state index is 13.4. The van der Waals surface area contributed by atoms with Crippen molar-refractivity contribution in [2.75, 3.05) is 10.6 Å². The summed E-state index contributed by atoms with van der Waals surface area (Å²) in [6.45, 7) is 0. The van der Waals surface area contributed by atoms with Crippen molar-refractivity contribution < 1.29 is 14.4 Å². The number of anilines is 2. The highest BCUT2D eigenvalue weighted by atomic mass is 79.9. The summed E-state index contributed by atoms with van der Waals surface area (Å²) in [5.74, 6) is -3.35. The van der Waals surface area contributed by atoms with Gasteiger partial charge in [0.15, 0.2) is 0 Å². The van der Waals surface area contributed by atoms with E-state index in [1.807, 2.05) is 12.1 Å². The van der Waals surface area contributed by atoms with Crippen molar-refractivity contribution in [1.82, 2.24) is 5.32 Å². The first-order valence-electron chi connectivity index (χ1n) is 10.3. The van der Waals surface area contributed by atoms with Crippen LogP contribution in [0.25, 0.3) is 0 Å². The van der Waals surface area contributed by atoms with Crippen molar-refractivity contribution >= 4 is 45.0 Å². The fourth-order valence-corrected chi connectivity index (χ4v) is 4.51. The number of carbonyl (C=O) groups excluding carboxylic acids is 3. The number of hydrogen-bond acceptors (Lipinski definition) is 3. The second-order valence-electron chi connectivity index (χ2n) is 7.87. The monoisotopic (exact) mass is 469 g/mol. The molecule has 0 bridgehead atoms. The number of nitrogens with one attached hydrogen (secondary N) is 3. The SMILES string of the molecule is O=C1Nc2ccccc2NC(=O)C1C(C(=O)NC1CCCCC1)c1ccc(Br)cc1. The van der Waals surface area contributed by atoms with Gasteiger partial charge >= 0.3 is 0 Å². The number of halogens is 1. The van der Waals surface area contributed by atoms with Gasteiger partial charge < -0.3 is 16.0 Å². The average Bonchev–Trinajstić information content (AvgIpc) is 2.86. The lowest BCUT2D eigenvalue weighted by atomic mass is 9.83. The summed E-state index contributed by atoms with van der Waals surface area (Å²) in [4.78, 5) is 39.6. The van der Waals surface area contributed by atoms with E-state index in [2.05, 4.69) is 31.9 Å². The minimum absolute atomic E-state index is 0.0818. The van der Waals surface area contributed by atoms with Gasteiger partial charge in [-0.1, -0.05) is 59.5 Å². The van der Waals surface area contributed by atoms with Crippen LogP contribution in [0.15, 0.2) is 53.0 Å². The quantitative estimate of drug-likeness (QED) is 0.586. The van der Waals surface area contributed by atoms with Crippen molar-refractivity contribution in [3.63, 3.8) is 0 Å². The smallest absolute Gasteiger partial charge is 0.238 e. The van der Waals surface area contributed by atoms with Crippen molar-refractivity contribution in [3.05, 3.63) is 58.6 Å². The zero-order chi connectivity index (χ0) is 21.1. The van der Waals surface area contributed by atoms with E-state index in [0.29, 0.717) is 16.9 Å². The molecule has 30 heavy (non-hydrogen) atoms. The van der Waals surface area contributed by atoms with Gasteiger partial charge in [-0.15, -0.1) is 0 Å². The molecule has 4 rings (SSSR count). The molecule has 7 heteroatoms. The standard InChI is InChI=1S/C23H24BrN3O3/c24-15-12-10-14(11-13-15)19(21(28)25-16-6-2-1-3-7-16)20-22(29)26-17-8-4-5-9-18(17)27-23(20)30/h4-5,8-13,16,19-20H,1-3,6-7H2,(H,25,28)(H,26,29)(H,27,30). The Hall–Kier alpha value is -2.67. The van der Waals surface area contributed by atoms with Crippen LogP contribution in [0.3, 0.4) is 0 Å². The number of para-hydroxylation sites is 2. The Balaban J connectivity index is 1.67. The Labute approximate surface area is 183 Å². The van der Waals surface area contributed by atoms with Gasteiger partial charge in [-0.2, -0.15) is 0 Å². The molecule has 0 spiro atoms. The summed E-state index contributed by atoms with van der Waals surface area (Å²) in [5.41, 5.74) is 1.69. The lowest BCUT2D eigenvalue weighted by Gasteiger charge is -2.28. The van der Waals surface area contributed by atoms with Gasteiger partial charge in [-0.25, -0.2) is 0 Å². The van der Waals surface area contributed by atoms with E-state index in [0.717, 1.165) is 30.2 Å². The predicted molar refractivity (Wildman–Crippen MR) is 119 cm³/mol. The molecule has 1 atom stereocenters. The van der Waals surface area contributed by atoms with Crippen molar-refractivity contribution in [3.8, 4) is 0 Å². The minimum atomic E-state index is -1.18. The molecule has 6 nitrogen and oxygen atoms in total. The topological polar surface area (TPSA) is 87.3 Å². The third kappa shape index (κ3) is 4.41. The minimum Gasteiger partial charge on any atom is -0.353 e. The molecule has 0 saturated heterocycles. The molecule has 3 amide bonds. The molecular formula is C23H24BrN3O3. The molecule has 1 heterocycles. The van der Waals surface area contributed by atoms with Gasteiger partial charge in [-0.05, 0) is 42.7 Å². The van der Waals surface area contributed by atoms with E-state index in [1.165, 1.54) is 6.42 Å². The van der Waals surface area contributed by atoms with Crippen molar-refractivity contribution in [1.29, 1.82) is 0 Å². The van der Waals surface area contributed by atoms with Gasteiger partial charge in [0, 0.05) is 10.5 Å². The van der Waals surface area contributed by atoms with Gasteiger partial charge in [0.25, 0.3) is 0 Å². The molecule has 1 unspecified atom stereocenters. The van der Waals surface area contributed by atoms with Gasteiger partial charge in [0.2, 0.25) is 17.7 Å². The molecule has 2 aromatic rings. The van der Waals surface area contributed by atoms with Crippen LogP contribution in [0, 0.1) is 5.92 Å². The summed E-state index contributed by atoms with van der Waals surface area (Å²) in [7, 11) is 0. The van der Waals surface area contributed by atoms with E-state index >= 15 is 0 Å². The molecule has 2 aromatic carbocycles. The van der Waals surface area contributed by atoms with E-state index < -0.39 is 23.7 Å². The van der Waals surface area contributed by atoms with Crippen molar-refractivity contribution in [2.45, 2.75) is 44.1 Å². The van der Waals surface area contributed by atoms with Gasteiger partial charge in [0.1, 0.15) is 5.92 Å². The highest BCUT2D eigenvalue weighted by molar-refractivity contribution is 9.10. The number of rotatable bonds is 4. The maximum Gasteiger partial charge on any atom is 0.238 e. The zero-order valence-electron chi connectivity index (χ0n) is 16.5. The molecule has 0 radical (unpaired) electrons. The number of hydrogen-bond donors (Lipinski definition) is 3. The third-order valence-corrected chi connectivity index (χ3v) is 6.33. The van der Waals surface area contributed by atoms with Crippen LogP contribution in [0.1, 0.15) is 43.6 Å². The number of benzene rings is 2. The first-order chi connectivity index (χ1) is 14.5. The fraction of sp³-hybridized carbons (Fsp3) is 0.348. The fourth-order valence-electron chi connectivity index (χ4n) is 4.25. The largest absolute Gasteiger partial charge is 0.353 e. The number of amides is 3. The van der Waals surface area contributed by atoms with Gasteiger partial charge in [0.05, 0.1) is 17.3 Å². The molecule has 2 aliphatic rings. The highest BCUT2D eigenvalue weighted by Crippen LogP contribution is 2.33. The molecule has 0 aromatic heterocycles. The molecule has 1 aliphatic heterocycles. The molecule has 1 saturated carbocycles. The normalized spacial score (nSPS) is 18.6. The predicted octanol–water partition coefficient (Wildman–Crippen LogP) is 4.19. The van der Waals surface area contributed by atoms with E-state index in [1.54, 1.807) is 36.4 Å². The van der Waals surface area contributed by atoms with Crippen LogP contribution in [0.5, 0.6) is 0 Å². The third-order valence-electron chi connectivity index (χ3n) is 5.80. The van der Waals surface area contributed by atoms with E-state index in [9.17, 15) is 14.4 Å². The van der Waals surface area contributed by atoms with Crippen LogP contribution in [-0.4, -0.2) is 23.8 Å². The maximum atomic E-state index is 13.4. The molecule has 156 valence electrons. The lowest BCUT2D eigenvalue weighted by Crippen LogP contribution is -2.46. The van der Waals surface area contributed by atoms with E-state index in [-0.39, 0.29) is 11.9 Å². The van der Waals surface area contributed by atoms with Crippen molar-refractivity contribution in [2.24, 2.45) is 5.92 Å². The van der Waals surface area contributed by atoms with Crippen LogP contribution < -0.4 is 16.0 Å². The summed E-state index contributed by atoms with van der Waals surface area (Å²) in [6.07, 6.45) is 5.18. The molecular weight excluding hydrogens is 446 g/mol. The lowest BCUT2D eigenvalue weighted by molar-refractivity contribution is -0.136. The molecule has 1 aliphatic carbocycles. The highest BCUT2D eigenvalue weighted by Gasteiger charge is 2.42.